The predicted octanol–water partition coefficient (Wildman–Crippen LogP) is 5.30. The maximum atomic E-state index is 4.67. The van der Waals surface area contributed by atoms with Gasteiger partial charge in [0.05, 0.1) is 11.2 Å². The Hall–Kier alpha value is -3.13. The minimum atomic E-state index is 0.966. The number of pyridine rings is 1. The number of fused-ring (bicyclic) bond motifs is 2. The van der Waals surface area contributed by atoms with E-state index in [1.165, 1.54) is 16.6 Å². The third-order valence-electron chi connectivity index (χ3n) is 4.27. The fraction of sp³-hybridized carbons (Fsp3) is 0.0455. The summed E-state index contributed by atoms with van der Waals surface area (Å²) in [6, 6.07) is 20.7. The van der Waals surface area contributed by atoms with E-state index in [0.717, 1.165) is 16.9 Å². The van der Waals surface area contributed by atoms with Crippen molar-refractivity contribution in [1.82, 2.24) is 4.98 Å². The van der Waals surface area contributed by atoms with Gasteiger partial charge in [0.2, 0.25) is 0 Å². The van der Waals surface area contributed by atoms with Crippen LogP contribution in [0.5, 0.6) is 0 Å². The van der Waals surface area contributed by atoms with Crippen molar-refractivity contribution in [2.45, 2.75) is 0 Å². The lowest BCUT2D eigenvalue weighted by Gasteiger charge is -2.26. The van der Waals surface area contributed by atoms with Crippen molar-refractivity contribution in [3.8, 4) is 0 Å². The summed E-state index contributed by atoms with van der Waals surface area (Å²) in [5.41, 5.74) is 5.62. The molecule has 0 bridgehead atoms. The highest BCUT2D eigenvalue weighted by molar-refractivity contribution is 5.80. The summed E-state index contributed by atoms with van der Waals surface area (Å²) < 4.78 is 0. The molecule has 0 atom stereocenters. The van der Waals surface area contributed by atoms with Crippen molar-refractivity contribution < 1.29 is 0 Å². The summed E-state index contributed by atoms with van der Waals surface area (Å²) in [4.78, 5) is 6.87. The van der Waals surface area contributed by atoms with Gasteiger partial charge in [0.1, 0.15) is 0 Å². The van der Waals surface area contributed by atoms with E-state index in [2.05, 4.69) is 77.6 Å². The molecular weight excluding hydrogens is 292 g/mol. The molecule has 2 heterocycles. The van der Waals surface area contributed by atoms with Crippen LogP contribution in [0.3, 0.4) is 0 Å². The topological polar surface area (TPSA) is 16.1 Å². The van der Waals surface area contributed by atoms with Gasteiger partial charge in [-0.05, 0) is 42.0 Å². The first kappa shape index (κ1) is 14.5. The van der Waals surface area contributed by atoms with E-state index in [9.17, 15) is 0 Å². The third-order valence-corrected chi connectivity index (χ3v) is 4.27. The lowest BCUT2D eigenvalue weighted by atomic mass is 10.1. The largest absolute Gasteiger partial charge is 0.344 e. The van der Waals surface area contributed by atoms with Crippen molar-refractivity contribution in [1.29, 1.82) is 0 Å². The van der Waals surface area contributed by atoms with Crippen molar-refractivity contribution in [3.05, 3.63) is 95.8 Å². The van der Waals surface area contributed by atoms with E-state index in [1.807, 2.05) is 30.3 Å². The van der Waals surface area contributed by atoms with Crippen LogP contribution in [0, 0.1) is 0 Å². The monoisotopic (exact) mass is 310 g/mol. The molecule has 3 aromatic rings. The maximum absolute atomic E-state index is 4.67. The first-order valence-corrected chi connectivity index (χ1v) is 8.06. The molecule has 0 amide bonds. The van der Waals surface area contributed by atoms with Crippen molar-refractivity contribution in [2.24, 2.45) is 0 Å². The molecule has 0 spiro atoms. The molecule has 2 nitrogen and oxygen atoms in total. The SMILES string of the molecule is CN1C(=CC=Cc2ccc3ccccc3n2)C=Cc2ccccc21. The van der Waals surface area contributed by atoms with E-state index in [-0.39, 0.29) is 0 Å². The van der Waals surface area contributed by atoms with Crippen LogP contribution in [0.15, 0.2) is 84.6 Å². The third kappa shape index (κ3) is 2.74. The summed E-state index contributed by atoms with van der Waals surface area (Å²) >= 11 is 0. The van der Waals surface area contributed by atoms with E-state index < -0.39 is 0 Å². The second-order valence-electron chi connectivity index (χ2n) is 5.83. The summed E-state index contributed by atoms with van der Waals surface area (Å²) in [5, 5.41) is 1.17. The number of benzene rings is 2. The molecule has 116 valence electrons. The quantitative estimate of drug-likeness (QED) is 0.639. The molecule has 0 N–H and O–H groups in total. The van der Waals surface area contributed by atoms with Crippen LogP contribution in [0.2, 0.25) is 0 Å². The van der Waals surface area contributed by atoms with Crippen molar-refractivity contribution in [2.75, 3.05) is 11.9 Å². The van der Waals surface area contributed by atoms with Gasteiger partial charge >= 0.3 is 0 Å². The minimum Gasteiger partial charge on any atom is -0.344 e. The number of allylic oxidation sites excluding steroid dienone is 3. The Morgan fingerprint density at radius 1 is 0.875 bits per heavy atom. The number of likely N-dealkylation sites (N-methyl/N-ethyl adjacent to an activating group) is 1. The lowest BCUT2D eigenvalue weighted by Crippen LogP contribution is -2.18. The van der Waals surface area contributed by atoms with Crippen molar-refractivity contribution >= 4 is 28.7 Å². The average Bonchev–Trinajstić information content (AvgIpc) is 2.64. The van der Waals surface area contributed by atoms with E-state index in [4.69, 9.17) is 0 Å². The van der Waals surface area contributed by atoms with Gasteiger partial charge in [-0.15, -0.1) is 0 Å². The molecule has 0 fully saturated rings. The molecule has 1 aromatic heterocycles. The Morgan fingerprint density at radius 2 is 1.71 bits per heavy atom. The number of aromatic nitrogens is 1. The molecular formula is C22H18N2. The fourth-order valence-electron chi connectivity index (χ4n) is 2.95. The Kier molecular flexibility index (Phi) is 3.72. The second kappa shape index (κ2) is 6.17. The highest BCUT2D eigenvalue weighted by Crippen LogP contribution is 2.29. The Balaban J connectivity index is 1.59. The number of rotatable bonds is 2. The van der Waals surface area contributed by atoms with Gasteiger partial charge in [0.25, 0.3) is 0 Å². The van der Waals surface area contributed by atoms with E-state index in [0.29, 0.717) is 0 Å². The number of nitrogens with zero attached hydrogens (tertiary/aromatic N) is 2. The van der Waals surface area contributed by atoms with Crippen LogP contribution >= 0.6 is 0 Å². The average molecular weight is 310 g/mol. The first-order chi connectivity index (χ1) is 11.8. The zero-order valence-electron chi connectivity index (χ0n) is 13.6. The fourth-order valence-corrected chi connectivity index (χ4v) is 2.95. The van der Waals surface area contributed by atoms with Crippen LogP contribution < -0.4 is 4.90 Å². The summed E-state index contributed by atoms with van der Waals surface area (Å²) in [5.74, 6) is 0. The maximum Gasteiger partial charge on any atom is 0.0709 e. The van der Waals surface area contributed by atoms with Crippen LogP contribution in [0.4, 0.5) is 5.69 Å². The molecule has 24 heavy (non-hydrogen) atoms. The summed E-state index contributed by atoms with van der Waals surface area (Å²) in [7, 11) is 2.09. The standard InChI is InChI=1S/C22H18N2/c1-24-20(16-14-18-8-3-5-12-22(18)24)10-6-9-19-15-13-17-7-2-4-11-21(17)23-19/h2-16H,1H3. The number of anilines is 1. The van der Waals surface area contributed by atoms with Gasteiger partial charge in [-0.25, -0.2) is 4.98 Å². The van der Waals surface area contributed by atoms with Gasteiger partial charge < -0.3 is 4.90 Å². The number of para-hydroxylation sites is 2. The van der Waals surface area contributed by atoms with Crippen molar-refractivity contribution in [3.63, 3.8) is 0 Å². The van der Waals surface area contributed by atoms with Gasteiger partial charge in [0, 0.05) is 23.8 Å². The summed E-state index contributed by atoms with van der Waals surface area (Å²) in [6.07, 6.45) is 10.5. The minimum absolute atomic E-state index is 0.966. The number of hydrogen-bond acceptors (Lipinski definition) is 2. The zero-order chi connectivity index (χ0) is 16.4. The smallest absolute Gasteiger partial charge is 0.0709 e. The van der Waals surface area contributed by atoms with Crippen LogP contribution in [-0.2, 0) is 0 Å². The van der Waals surface area contributed by atoms with E-state index in [1.54, 1.807) is 0 Å². The molecule has 2 heteroatoms. The van der Waals surface area contributed by atoms with Crippen LogP contribution in [0.1, 0.15) is 11.3 Å². The molecule has 0 unspecified atom stereocenters. The van der Waals surface area contributed by atoms with Gasteiger partial charge in [-0.1, -0.05) is 54.6 Å². The molecule has 1 aliphatic heterocycles. The van der Waals surface area contributed by atoms with Gasteiger partial charge in [0.15, 0.2) is 0 Å². The van der Waals surface area contributed by atoms with E-state index >= 15 is 0 Å². The second-order valence-corrected chi connectivity index (χ2v) is 5.83. The lowest BCUT2D eigenvalue weighted by molar-refractivity contribution is 1.12. The number of hydrogen-bond donors (Lipinski definition) is 0. The molecule has 1 aliphatic rings. The van der Waals surface area contributed by atoms with Gasteiger partial charge in [-0.3, -0.25) is 0 Å². The van der Waals surface area contributed by atoms with Gasteiger partial charge in [-0.2, -0.15) is 0 Å². The first-order valence-electron chi connectivity index (χ1n) is 8.06. The van der Waals surface area contributed by atoms with Crippen LogP contribution in [-0.4, -0.2) is 12.0 Å². The molecule has 0 radical (unpaired) electrons. The zero-order valence-corrected chi connectivity index (χ0v) is 13.6. The Morgan fingerprint density at radius 3 is 2.67 bits per heavy atom. The Labute approximate surface area is 142 Å². The highest BCUT2D eigenvalue weighted by atomic mass is 15.1. The molecule has 0 saturated carbocycles. The Bertz CT molecular complexity index is 980. The normalized spacial score (nSPS) is 15.4. The highest BCUT2D eigenvalue weighted by Gasteiger charge is 2.11. The van der Waals surface area contributed by atoms with Crippen LogP contribution in [0.25, 0.3) is 23.1 Å². The molecule has 0 aliphatic carbocycles. The molecule has 2 aromatic carbocycles. The predicted molar refractivity (Wildman–Crippen MR) is 103 cm³/mol. The molecule has 0 saturated heterocycles. The molecule has 4 rings (SSSR count). The summed E-state index contributed by atoms with van der Waals surface area (Å²) in [6.45, 7) is 0.